The SMILES string of the molecule is CCCCC/C=C\C/C=C\CCCCCCCCCCCC(=O)OC[C@H](COP(=O)(O)OCCN)OC(=O)CCCCCCCCCCCC. The first kappa shape index (κ1) is 48.5. The van der Waals surface area contributed by atoms with E-state index in [-0.39, 0.29) is 38.6 Å². The standard InChI is InChI=1S/C40H76NO8P/c1-3-5-7-9-11-13-15-16-17-18-19-20-21-22-23-25-26-28-30-32-39(42)46-36-38(37-48-50(44,45)47-35-34-41)49-40(43)33-31-29-27-24-14-12-10-8-6-4-2/h11,13,16-17,38H,3-10,12,14-15,18-37,41H2,1-2H3,(H,44,45)/b13-11-,17-16-/t38-/m1/s1. The third-order valence-corrected chi connectivity index (χ3v) is 9.57. The fraction of sp³-hybridized carbons (Fsp3) is 0.850. The molecule has 0 aromatic rings. The van der Waals surface area contributed by atoms with Gasteiger partial charge in [0, 0.05) is 19.4 Å². The van der Waals surface area contributed by atoms with E-state index in [1.807, 2.05) is 0 Å². The van der Waals surface area contributed by atoms with Gasteiger partial charge < -0.3 is 20.1 Å². The molecular formula is C40H76NO8P. The minimum absolute atomic E-state index is 0.0543. The summed E-state index contributed by atoms with van der Waals surface area (Å²) < 4.78 is 32.7. The van der Waals surface area contributed by atoms with Crippen LogP contribution in [0.4, 0.5) is 0 Å². The first-order chi connectivity index (χ1) is 24.3. The highest BCUT2D eigenvalue weighted by atomic mass is 31.2. The number of carbonyl (C=O) groups is 2. The van der Waals surface area contributed by atoms with E-state index in [0.717, 1.165) is 38.5 Å². The monoisotopic (exact) mass is 730 g/mol. The summed E-state index contributed by atoms with van der Waals surface area (Å²) in [4.78, 5) is 34.7. The van der Waals surface area contributed by atoms with Gasteiger partial charge in [0.15, 0.2) is 6.10 Å². The quantitative estimate of drug-likeness (QED) is 0.0275. The Morgan fingerprint density at radius 1 is 0.600 bits per heavy atom. The molecule has 294 valence electrons. The second kappa shape index (κ2) is 37.3. The lowest BCUT2D eigenvalue weighted by molar-refractivity contribution is -0.161. The van der Waals surface area contributed by atoms with Crippen LogP contribution >= 0.6 is 7.82 Å². The third-order valence-electron chi connectivity index (χ3n) is 8.59. The molecule has 50 heavy (non-hydrogen) atoms. The van der Waals surface area contributed by atoms with Crippen LogP contribution in [-0.4, -0.2) is 49.3 Å². The van der Waals surface area contributed by atoms with Gasteiger partial charge in [-0.1, -0.05) is 154 Å². The number of nitrogens with two attached hydrogens (primary N) is 1. The molecule has 9 nitrogen and oxygen atoms in total. The number of ether oxygens (including phenoxy) is 2. The number of phosphoric ester groups is 1. The van der Waals surface area contributed by atoms with Crippen LogP contribution in [0.15, 0.2) is 24.3 Å². The van der Waals surface area contributed by atoms with E-state index in [0.29, 0.717) is 6.42 Å². The third kappa shape index (κ3) is 36.3. The van der Waals surface area contributed by atoms with Crippen molar-refractivity contribution in [2.45, 2.75) is 193 Å². The number of phosphoric acid groups is 1. The van der Waals surface area contributed by atoms with Gasteiger partial charge in [-0.2, -0.15) is 0 Å². The Hall–Kier alpha value is -1.51. The molecule has 0 radical (unpaired) electrons. The van der Waals surface area contributed by atoms with Crippen LogP contribution in [0.1, 0.15) is 187 Å². The zero-order valence-electron chi connectivity index (χ0n) is 32.1. The number of hydrogen-bond donors (Lipinski definition) is 2. The molecule has 2 atom stereocenters. The van der Waals surface area contributed by atoms with Gasteiger partial charge >= 0.3 is 19.8 Å². The average molecular weight is 730 g/mol. The summed E-state index contributed by atoms with van der Waals surface area (Å²) in [7, 11) is -4.37. The van der Waals surface area contributed by atoms with Gasteiger partial charge in [-0.05, 0) is 44.9 Å². The normalized spacial score (nSPS) is 13.6. The molecule has 0 aromatic heterocycles. The zero-order valence-corrected chi connectivity index (χ0v) is 33.0. The van der Waals surface area contributed by atoms with Crippen LogP contribution in [0, 0.1) is 0 Å². The molecule has 0 fully saturated rings. The van der Waals surface area contributed by atoms with Crippen molar-refractivity contribution in [3.05, 3.63) is 24.3 Å². The van der Waals surface area contributed by atoms with E-state index in [1.54, 1.807) is 0 Å². The molecule has 0 aromatic carbocycles. The van der Waals surface area contributed by atoms with Crippen molar-refractivity contribution in [2.24, 2.45) is 5.73 Å². The van der Waals surface area contributed by atoms with Crippen molar-refractivity contribution in [1.82, 2.24) is 0 Å². The maximum Gasteiger partial charge on any atom is 0.472 e. The van der Waals surface area contributed by atoms with Gasteiger partial charge in [0.05, 0.1) is 13.2 Å². The lowest BCUT2D eigenvalue weighted by Crippen LogP contribution is -2.29. The van der Waals surface area contributed by atoms with Crippen molar-refractivity contribution >= 4 is 19.8 Å². The van der Waals surface area contributed by atoms with E-state index >= 15 is 0 Å². The highest BCUT2D eigenvalue weighted by Crippen LogP contribution is 2.43. The lowest BCUT2D eigenvalue weighted by Gasteiger charge is -2.19. The van der Waals surface area contributed by atoms with Crippen LogP contribution in [0.3, 0.4) is 0 Å². The molecule has 0 saturated carbocycles. The summed E-state index contributed by atoms with van der Waals surface area (Å²) in [5, 5.41) is 0. The summed E-state index contributed by atoms with van der Waals surface area (Å²) in [6, 6.07) is 0. The van der Waals surface area contributed by atoms with Crippen molar-refractivity contribution in [2.75, 3.05) is 26.4 Å². The molecule has 0 amide bonds. The maximum atomic E-state index is 12.5. The van der Waals surface area contributed by atoms with Crippen molar-refractivity contribution in [1.29, 1.82) is 0 Å². The zero-order chi connectivity index (χ0) is 36.8. The molecule has 0 saturated heterocycles. The first-order valence-corrected chi connectivity index (χ1v) is 21.8. The number of esters is 2. The minimum atomic E-state index is -4.37. The first-order valence-electron chi connectivity index (χ1n) is 20.3. The topological polar surface area (TPSA) is 134 Å². The molecule has 10 heteroatoms. The molecule has 0 spiro atoms. The number of unbranched alkanes of at least 4 members (excludes halogenated alkanes) is 21. The van der Waals surface area contributed by atoms with E-state index < -0.39 is 26.5 Å². The molecule has 3 N–H and O–H groups in total. The van der Waals surface area contributed by atoms with Crippen molar-refractivity contribution in [3.63, 3.8) is 0 Å². The Balaban J connectivity index is 4.11. The van der Waals surface area contributed by atoms with Crippen LogP contribution in [0.5, 0.6) is 0 Å². The van der Waals surface area contributed by atoms with Gasteiger partial charge in [-0.3, -0.25) is 18.6 Å². The van der Waals surface area contributed by atoms with Gasteiger partial charge in [0.25, 0.3) is 0 Å². The lowest BCUT2D eigenvalue weighted by atomic mass is 10.1. The molecule has 0 heterocycles. The average Bonchev–Trinajstić information content (AvgIpc) is 3.10. The van der Waals surface area contributed by atoms with Crippen molar-refractivity contribution in [3.8, 4) is 0 Å². The number of rotatable bonds is 38. The van der Waals surface area contributed by atoms with Gasteiger partial charge in [-0.25, -0.2) is 4.57 Å². The highest BCUT2D eigenvalue weighted by molar-refractivity contribution is 7.47. The molecule has 0 rings (SSSR count). The van der Waals surface area contributed by atoms with Crippen LogP contribution in [-0.2, 0) is 32.7 Å². The van der Waals surface area contributed by atoms with E-state index in [9.17, 15) is 19.0 Å². The number of carbonyl (C=O) groups excluding carboxylic acids is 2. The van der Waals surface area contributed by atoms with Crippen LogP contribution in [0.2, 0.25) is 0 Å². The number of allylic oxidation sites excluding steroid dienone is 4. The second-order valence-corrected chi connectivity index (χ2v) is 15.0. The van der Waals surface area contributed by atoms with E-state index in [4.69, 9.17) is 24.3 Å². The van der Waals surface area contributed by atoms with Gasteiger partial charge in [0.1, 0.15) is 6.61 Å². The Bertz CT molecular complexity index is 881. The van der Waals surface area contributed by atoms with Crippen LogP contribution < -0.4 is 5.73 Å². The van der Waals surface area contributed by atoms with E-state index in [2.05, 4.69) is 38.2 Å². The number of hydrogen-bond acceptors (Lipinski definition) is 8. The Morgan fingerprint density at radius 2 is 1.04 bits per heavy atom. The molecule has 1 unspecified atom stereocenters. The molecular weight excluding hydrogens is 653 g/mol. The Kier molecular flexibility index (Phi) is 36.1. The van der Waals surface area contributed by atoms with Gasteiger partial charge in [-0.15, -0.1) is 0 Å². The summed E-state index contributed by atoms with van der Waals surface area (Å²) in [5.74, 6) is -0.831. The maximum absolute atomic E-state index is 12.5. The second-order valence-electron chi connectivity index (χ2n) is 13.5. The minimum Gasteiger partial charge on any atom is -0.462 e. The molecule has 0 aliphatic heterocycles. The Labute approximate surface area is 306 Å². The molecule has 0 aliphatic carbocycles. The summed E-state index contributed by atoms with van der Waals surface area (Å²) in [6.07, 6.45) is 37.8. The van der Waals surface area contributed by atoms with Crippen molar-refractivity contribution < 1.29 is 37.6 Å². The van der Waals surface area contributed by atoms with E-state index in [1.165, 1.54) is 116 Å². The summed E-state index contributed by atoms with van der Waals surface area (Å²) in [6.45, 7) is 3.69. The molecule has 0 aliphatic rings. The molecule has 0 bridgehead atoms. The summed E-state index contributed by atoms with van der Waals surface area (Å²) in [5.41, 5.74) is 5.33. The predicted octanol–water partition coefficient (Wildman–Crippen LogP) is 11.2. The fourth-order valence-electron chi connectivity index (χ4n) is 5.55. The van der Waals surface area contributed by atoms with Gasteiger partial charge in [0.2, 0.25) is 0 Å². The van der Waals surface area contributed by atoms with Crippen LogP contribution in [0.25, 0.3) is 0 Å². The smallest absolute Gasteiger partial charge is 0.462 e. The largest absolute Gasteiger partial charge is 0.472 e. The fourth-order valence-corrected chi connectivity index (χ4v) is 6.31. The highest BCUT2D eigenvalue weighted by Gasteiger charge is 2.26. The summed E-state index contributed by atoms with van der Waals surface area (Å²) >= 11 is 0. The Morgan fingerprint density at radius 3 is 1.56 bits per heavy atom. The predicted molar refractivity (Wildman–Crippen MR) is 206 cm³/mol.